The average molecular weight is 284 g/mol. The van der Waals surface area contributed by atoms with E-state index in [4.69, 9.17) is 4.74 Å². The fraction of sp³-hybridized carbons (Fsp3) is 0.250. The molecule has 3 rings (SSSR count). The first-order valence-electron chi connectivity index (χ1n) is 6.86. The van der Waals surface area contributed by atoms with Crippen LogP contribution in [-0.4, -0.2) is 23.0 Å². The summed E-state index contributed by atoms with van der Waals surface area (Å²) in [5, 5.41) is 4.41. The predicted octanol–water partition coefficient (Wildman–Crippen LogP) is 2.18. The van der Waals surface area contributed by atoms with E-state index in [1.165, 1.54) is 0 Å². The summed E-state index contributed by atoms with van der Waals surface area (Å²) >= 11 is 0. The number of fused-ring (bicyclic) bond motifs is 1. The fourth-order valence-electron chi connectivity index (χ4n) is 2.53. The molecule has 2 aromatic rings. The third-order valence-corrected chi connectivity index (χ3v) is 3.57. The normalized spacial score (nSPS) is 18.6. The van der Waals surface area contributed by atoms with Crippen molar-refractivity contribution in [1.29, 1.82) is 0 Å². The highest BCUT2D eigenvalue weighted by Gasteiger charge is 2.27. The second-order valence-corrected chi connectivity index (χ2v) is 5.06. The summed E-state index contributed by atoms with van der Waals surface area (Å²) < 4.78 is 7.37. The van der Waals surface area contributed by atoms with Gasteiger partial charge in [-0.15, -0.1) is 0 Å². The third kappa shape index (κ3) is 2.67. The lowest BCUT2D eigenvalue weighted by atomic mass is 10.1. The number of carbonyl (C=O) groups excluding carboxylic acids is 2. The number of nitrogens with one attached hydrogen (secondary N) is 1. The number of hydrogen-bond acceptors (Lipinski definition) is 3. The molecule has 1 unspecified atom stereocenters. The molecule has 0 aliphatic carbocycles. The minimum absolute atomic E-state index is 0.201. The van der Waals surface area contributed by atoms with Crippen LogP contribution in [0.4, 0.5) is 0 Å². The molecule has 0 bridgehead atoms. The van der Waals surface area contributed by atoms with E-state index in [0.717, 1.165) is 16.5 Å². The molecule has 5 nitrogen and oxygen atoms in total. The summed E-state index contributed by atoms with van der Waals surface area (Å²) in [6.07, 6.45) is 6.44. The minimum atomic E-state index is -0.326. The van der Waals surface area contributed by atoms with Crippen molar-refractivity contribution in [3.8, 4) is 5.75 Å². The molecule has 2 amide bonds. The van der Waals surface area contributed by atoms with Gasteiger partial charge in [0.1, 0.15) is 18.4 Å². The van der Waals surface area contributed by atoms with Gasteiger partial charge in [0.2, 0.25) is 11.8 Å². The van der Waals surface area contributed by atoms with Gasteiger partial charge in [0.05, 0.1) is 0 Å². The van der Waals surface area contributed by atoms with Crippen LogP contribution < -0.4 is 10.1 Å². The van der Waals surface area contributed by atoms with E-state index in [1.807, 2.05) is 35.2 Å². The van der Waals surface area contributed by atoms with Gasteiger partial charge in [-0.2, -0.15) is 0 Å². The van der Waals surface area contributed by atoms with Crippen LogP contribution in [0.25, 0.3) is 10.8 Å². The average Bonchev–Trinajstić information content (AvgIpc) is 2.87. The number of ether oxygens (including phenoxy) is 1. The lowest BCUT2D eigenvalue weighted by Gasteiger charge is -2.21. The molecule has 0 saturated carbocycles. The Morgan fingerprint density at radius 3 is 2.90 bits per heavy atom. The van der Waals surface area contributed by atoms with Crippen LogP contribution >= 0.6 is 0 Å². The predicted molar refractivity (Wildman–Crippen MR) is 79.1 cm³/mol. The Morgan fingerprint density at radius 1 is 1.33 bits per heavy atom. The lowest BCUT2D eigenvalue weighted by molar-refractivity contribution is -0.135. The Kier molecular flexibility index (Phi) is 3.48. The molecule has 0 radical (unpaired) electrons. The standard InChI is InChI=1S/C16H16N2O3/c1-2-7-21-13-4-3-11-9-18(10-12(11)8-13)14-5-6-15(19)17-16(14)20/h2-4,8-10,14H,1,5-7H2,(H,17,19,20). The molecule has 21 heavy (non-hydrogen) atoms. The van der Waals surface area contributed by atoms with Crippen LogP contribution in [0.15, 0.2) is 43.2 Å². The number of benzene rings is 1. The molecule has 2 heterocycles. The molecule has 5 heteroatoms. The second-order valence-electron chi connectivity index (χ2n) is 5.06. The Morgan fingerprint density at radius 2 is 2.14 bits per heavy atom. The molecular weight excluding hydrogens is 268 g/mol. The van der Waals surface area contributed by atoms with Gasteiger partial charge < -0.3 is 9.30 Å². The highest BCUT2D eigenvalue weighted by Crippen LogP contribution is 2.26. The fourth-order valence-corrected chi connectivity index (χ4v) is 2.53. The molecule has 1 aromatic heterocycles. The van der Waals surface area contributed by atoms with E-state index in [2.05, 4.69) is 11.9 Å². The van der Waals surface area contributed by atoms with Crippen LogP contribution in [0.2, 0.25) is 0 Å². The number of amides is 2. The molecular formula is C16H16N2O3. The van der Waals surface area contributed by atoms with Crippen molar-refractivity contribution in [3.63, 3.8) is 0 Å². The minimum Gasteiger partial charge on any atom is -0.490 e. The molecule has 1 fully saturated rings. The van der Waals surface area contributed by atoms with Gasteiger partial charge in [-0.25, -0.2) is 0 Å². The van der Waals surface area contributed by atoms with Crippen LogP contribution in [-0.2, 0) is 9.59 Å². The second kappa shape index (κ2) is 5.44. The van der Waals surface area contributed by atoms with Gasteiger partial charge >= 0.3 is 0 Å². The maximum atomic E-state index is 11.9. The number of imide groups is 1. The number of piperidine rings is 1. The molecule has 1 saturated heterocycles. The lowest BCUT2D eigenvalue weighted by Crippen LogP contribution is -2.41. The zero-order valence-corrected chi connectivity index (χ0v) is 11.5. The Balaban J connectivity index is 1.88. The van der Waals surface area contributed by atoms with E-state index in [-0.39, 0.29) is 17.9 Å². The summed E-state index contributed by atoms with van der Waals surface area (Å²) in [7, 11) is 0. The first kappa shape index (κ1) is 13.4. The summed E-state index contributed by atoms with van der Waals surface area (Å²) in [6, 6.07) is 5.45. The molecule has 108 valence electrons. The highest BCUT2D eigenvalue weighted by atomic mass is 16.5. The number of hydrogen-bond donors (Lipinski definition) is 1. The molecule has 1 N–H and O–H groups in total. The van der Waals surface area contributed by atoms with Crippen molar-refractivity contribution >= 4 is 22.6 Å². The zero-order chi connectivity index (χ0) is 14.8. The number of aromatic nitrogens is 1. The first-order chi connectivity index (χ1) is 10.2. The van der Waals surface area contributed by atoms with Gasteiger partial charge in [0.15, 0.2) is 0 Å². The Labute approximate surface area is 122 Å². The quantitative estimate of drug-likeness (QED) is 0.691. The molecule has 1 aliphatic heterocycles. The van der Waals surface area contributed by atoms with E-state index in [0.29, 0.717) is 19.4 Å². The summed E-state index contributed by atoms with van der Waals surface area (Å²) in [4.78, 5) is 23.1. The van der Waals surface area contributed by atoms with Crippen LogP contribution in [0.5, 0.6) is 5.75 Å². The topological polar surface area (TPSA) is 60.3 Å². The smallest absolute Gasteiger partial charge is 0.249 e. The number of rotatable bonds is 4. The van der Waals surface area contributed by atoms with Crippen molar-refractivity contribution in [2.45, 2.75) is 18.9 Å². The van der Waals surface area contributed by atoms with Crippen molar-refractivity contribution in [2.24, 2.45) is 0 Å². The van der Waals surface area contributed by atoms with E-state index in [1.54, 1.807) is 6.08 Å². The van der Waals surface area contributed by atoms with Crippen LogP contribution in [0.1, 0.15) is 18.9 Å². The van der Waals surface area contributed by atoms with Crippen LogP contribution in [0.3, 0.4) is 0 Å². The molecule has 1 aromatic carbocycles. The zero-order valence-electron chi connectivity index (χ0n) is 11.5. The summed E-state index contributed by atoms with van der Waals surface area (Å²) in [5.41, 5.74) is 0. The van der Waals surface area contributed by atoms with Gasteiger partial charge in [0, 0.05) is 24.2 Å². The summed E-state index contributed by atoms with van der Waals surface area (Å²) in [5.74, 6) is 0.325. The maximum absolute atomic E-state index is 11.9. The van der Waals surface area contributed by atoms with Crippen molar-refractivity contribution < 1.29 is 14.3 Å². The monoisotopic (exact) mass is 284 g/mol. The van der Waals surface area contributed by atoms with E-state index >= 15 is 0 Å². The van der Waals surface area contributed by atoms with Crippen molar-refractivity contribution in [1.82, 2.24) is 9.88 Å². The third-order valence-electron chi connectivity index (χ3n) is 3.57. The number of carbonyl (C=O) groups is 2. The van der Waals surface area contributed by atoms with Gasteiger partial charge in [-0.3, -0.25) is 14.9 Å². The first-order valence-corrected chi connectivity index (χ1v) is 6.86. The largest absolute Gasteiger partial charge is 0.490 e. The van der Waals surface area contributed by atoms with Gasteiger partial charge in [-0.1, -0.05) is 12.7 Å². The van der Waals surface area contributed by atoms with E-state index in [9.17, 15) is 9.59 Å². The molecule has 1 aliphatic rings. The van der Waals surface area contributed by atoms with Crippen molar-refractivity contribution in [2.75, 3.05) is 6.61 Å². The maximum Gasteiger partial charge on any atom is 0.249 e. The van der Waals surface area contributed by atoms with E-state index < -0.39 is 0 Å². The SMILES string of the molecule is C=CCOc1ccc2cn(C3CCC(=O)NC3=O)cc2c1. The molecule has 0 spiro atoms. The van der Waals surface area contributed by atoms with Gasteiger partial charge in [-0.05, 0) is 30.0 Å². The van der Waals surface area contributed by atoms with Crippen molar-refractivity contribution in [3.05, 3.63) is 43.2 Å². The summed E-state index contributed by atoms with van der Waals surface area (Å²) in [6.45, 7) is 4.07. The highest BCUT2D eigenvalue weighted by molar-refractivity contribution is 5.99. The number of nitrogens with zero attached hydrogens (tertiary/aromatic N) is 1. The Hall–Kier alpha value is -2.56. The molecule has 1 atom stereocenters. The van der Waals surface area contributed by atoms with Gasteiger partial charge in [0.25, 0.3) is 0 Å². The van der Waals surface area contributed by atoms with Crippen LogP contribution in [0, 0.1) is 0 Å². The Bertz CT molecular complexity index is 717.